The molecule has 24 heavy (non-hydrogen) atoms. The van der Waals surface area contributed by atoms with Crippen molar-refractivity contribution in [3.05, 3.63) is 36.0 Å². The van der Waals surface area contributed by atoms with Gasteiger partial charge >= 0.3 is 0 Å². The van der Waals surface area contributed by atoms with E-state index in [2.05, 4.69) is 59.1 Å². The molecule has 1 heterocycles. The molecule has 1 aromatic heterocycles. The molecule has 0 spiro atoms. The van der Waals surface area contributed by atoms with Crippen molar-refractivity contribution >= 4 is 23.1 Å². The summed E-state index contributed by atoms with van der Waals surface area (Å²) < 4.78 is 0. The van der Waals surface area contributed by atoms with Gasteiger partial charge in [0.1, 0.15) is 5.82 Å². The van der Waals surface area contributed by atoms with Gasteiger partial charge < -0.3 is 15.1 Å². The van der Waals surface area contributed by atoms with E-state index in [4.69, 9.17) is 4.98 Å². The molecule has 0 atom stereocenters. The lowest BCUT2D eigenvalue weighted by Gasteiger charge is -2.21. The van der Waals surface area contributed by atoms with Crippen LogP contribution in [0.4, 0.5) is 23.1 Å². The molecule has 0 unspecified atom stereocenters. The summed E-state index contributed by atoms with van der Waals surface area (Å²) >= 11 is 0. The van der Waals surface area contributed by atoms with Crippen LogP contribution < -0.4 is 15.1 Å². The lowest BCUT2D eigenvalue weighted by molar-refractivity contribution is 0.824. The van der Waals surface area contributed by atoms with Crippen LogP contribution in [0.2, 0.25) is 0 Å². The second-order valence-corrected chi connectivity index (χ2v) is 6.03. The van der Waals surface area contributed by atoms with Crippen LogP contribution in [0.1, 0.15) is 32.9 Å². The molecule has 1 aromatic carbocycles. The third kappa shape index (κ3) is 4.60. The van der Waals surface area contributed by atoms with Crippen LogP contribution in [0.5, 0.6) is 0 Å². The fourth-order valence-corrected chi connectivity index (χ4v) is 2.62. The summed E-state index contributed by atoms with van der Waals surface area (Å²) in [6.07, 6.45) is 2.04. The van der Waals surface area contributed by atoms with Crippen molar-refractivity contribution in [1.29, 1.82) is 0 Å². The van der Waals surface area contributed by atoms with Crippen LogP contribution in [0.25, 0.3) is 0 Å². The monoisotopic (exact) mass is 327 g/mol. The molecule has 1 N–H and O–H groups in total. The Hall–Kier alpha value is -2.30. The third-order valence-electron chi connectivity index (χ3n) is 3.98. The molecular formula is C19H29N5. The fraction of sp³-hybridized carbons (Fsp3) is 0.474. The highest BCUT2D eigenvalue weighted by Gasteiger charge is 2.10. The zero-order chi connectivity index (χ0) is 17.5. The number of aryl methyl sites for hydroxylation is 1. The number of anilines is 4. The van der Waals surface area contributed by atoms with Gasteiger partial charge in [0.05, 0.1) is 0 Å². The summed E-state index contributed by atoms with van der Waals surface area (Å²) in [5.74, 6) is 1.66. The standard InChI is InChI=1S/C19H29N5/c1-6-10-15-14-18(24(7-2)8-3)22-19(20-15)21-16-11-9-12-17(13-16)23(4)5/h9,11-14H,6-8,10H2,1-5H3,(H,20,21,22). The summed E-state index contributed by atoms with van der Waals surface area (Å²) in [4.78, 5) is 13.7. The minimum atomic E-state index is 0.666. The molecule has 0 bridgehead atoms. The van der Waals surface area contributed by atoms with E-state index in [1.54, 1.807) is 0 Å². The molecule has 0 amide bonds. The molecule has 5 nitrogen and oxygen atoms in total. The Balaban J connectivity index is 2.32. The van der Waals surface area contributed by atoms with Crippen LogP contribution in [-0.4, -0.2) is 37.2 Å². The molecule has 0 saturated heterocycles. The number of nitrogens with one attached hydrogen (secondary N) is 1. The van der Waals surface area contributed by atoms with Gasteiger partial charge in [-0.15, -0.1) is 0 Å². The molecular weight excluding hydrogens is 298 g/mol. The molecule has 0 radical (unpaired) electrons. The van der Waals surface area contributed by atoms with Crippen molar-refractivity contribution < 1.29 is 0 Å². The van der Waals surface area contributed by atoms with Crippen LogP contribution in [0.3, 0.4) is 0 Å². The van der Waals surface area contributed by atoms with Gasteiger partial charge in [-0.2, -0.15) is 4.98 Å². The maximum Gasteiger partial charge on any atom is 0.229 e. The van der Waals surface area contributed by atoms with Crippen LogP contribution in [0, 0.1) is 0 Å². The van der Waals surface area contributed by atoms with E-state index in [0.29, 0.717) is 5.95 Å². The number of benzene rings is 1. The molecule has 0 fully saturated rings. The van der Waals surface area contributed by atoms with Crippen LogP contribution in [0.15, 0.2) is 30.3 Å². The Labute approximate surface area is 145 Å². The second kappa shape index (κ2) is 8.52. The maximum atomic E-state index is 4.72. The van der Waals surface area contributed by atoms with Crippen molar-refractivity contribution in [1.82, 2.24) is 9.97 Å². The second-order valence-electron chi connectivity index (χ2n) is 6.03. The first-order valence-electron chi connectivity index (χ1n) is 8.74. The van der Waals surface area contributed by atoms with Gasteiger partial charge in [0, 0.05) is 50.3 Å². The van der Waals surface area contributed by atoms with Crippen molar-refractivity contribution in [3.63, 3.8) is 0 Å². The molecule has 5 heteroatoms. The summed E-state index contributed by atoms with van der Waals surface area (Å²) in [6.45, 7) is 8.35. The lowest BCUT2D eigenvalue weighted by atomic mass is 10.2. The quantitative estimate of drug-likeness (QED) is 0.791. The topological polar surface area (TPSA) is 44.3 Å². The number of aromatic nitrogens is 2. The van der Waals surface area contributed by atoms with Crippen LogP contribution >= 0.6 is 0 Å². The van der Waals surface area contributed by atoms with Gasteiger partial charge in [-0.1, -0.05) is 19.4 Å². The van der Waals surface area contributed by atoms with Gasteiger partial charge in [-0.3, -0.25) is 0 Å². The minimum absolute atomic E-state index is 0.666. The summed E-state index contributed by atoms with van der Waals surface area (Å²) in [5, 5.41) is 3.37. The zero-order valence-corrected chi connectivity index (χ0v) is 15.5. The summed E-state index contributed by atoms with van der Waals surface area (Å²) in [6, 6.07) is 10.4. The Kier molecular flexibility index (Phi) is 6.41. The molecule has 130 valence electrons. The first kappa shape index (κ1) is 18.0. The lowest BCUT2D eigenvalue weighted by Crippen LogP contribution is -2.23. The van der Waals surface area contributed by atoms with E-state index in [1.807, 2.05) is 26.2 Å². The first-order chi connectivity index (χ1) is 11.6. The van der Waals surface area contributed by atoms with E-state index in [9.17, 15) is 0 Å². The molecule has 0 aliphatic heterocycles. The Morgan fingerprint density at radius 1 is 1.00 bits per heavy atom. The SMILES string of the molecule is CCCc1cc(N(CC)CC)nc(Nc2cccc(N(C)C)c2)n1. The number of rotatable bonds is 8. The fourth-order valence-electron chi connectivity index (χ4n) is 2.62. The predicted molar refractivity (Wildman–Crippen MR) is 104 cm³/mol. The molecule has 0 aliphatic rings. The highest BCUT2D eigenvalue weighted by Crippen LogP contribution is 2.22. The normalized spacial score (nSPS) is 10.5. The molecule has 0 aliphatic carbocycles. The average molecular weight is 327 g/mol. The molecule has 2 aromatic rings. The minimum Gasteiger partial charge on any atom is -0.378 e. The summed E-state index contributed by atoms with van der Waals surface area (Å²) in [5.41, 5.74) is 3.23. The van der Waals surface area contributed by atoms with E-state index >= 15 is 0 Å². The van der Waals surface area contributed by atoms with E-state index in [-0.39, 0.29) is 0 Å². The van der Waals surface area contributed by atoms with Gasteiger partial charge in [0.15, 0.2) is 0 Å². The van der Waals surface area contributed by atoms with E-state index < -0.39 is 0 Å². The zero-order valence-electron chi connectivity index (χ0n) is 15.5. The molecule has 0 saturated carbocycles. The highest BCUT2D eigenvalue weighted by atomic mass is 15.2. The van der Waals surface area contributed by atoms with Crippen molar-refractivity contribution in [2.24, 2.45) is 0 Å². The third-order valence-corrected chi connectivity index (χ3v) is 3.98. The first-order valence-corrected chi connectivity index (χ1v) is 8.74. The predicted octanol–water partition coefficient (Wildman–Crippen LogP) is 4.08. The largest absolute Gasteiger partial charge is 0.378 e. The maximum absolute atomic E-state index is 4.72. The average Bonchev–Trinajstić information content (AvgIpc) is 2.56. The van der Waals surface area contributed by atoms with Crippen molar-refractivity contribution in [3.8, 4) is 0 Å². The van der Waals surface area contributed by atoms with Crippen molar-refractivity contribution in [2.45, 2.75) is 33.6 Å². The van der Waals surface area contributed by atoms with Gasteiger partial charge in [0.2, 0.25) is 5.95 Å². The Morgan fingerprint density at radius 3 is 2.38 bits per heavy atom. The smallest absolute Gasteiger partial charge is 0.229 e. The highest BCUT2D eigenvalue weighted by molar-refractivity contribution is 5.62. The number of hydrogen-bond donors (Lipinski definition) is 1. The van der Waals surface area contributed by atoms with E-state index in [0.717, 1.165) is 48.8 Å². The van der Waals surface area contributed by atoms with Gasteiger partial charge in [0.25, 0.3) is 0 Å². The molecule has 2 rings (SSSR count). The Bertz CT molecular complexity index is 650. The summed E-state index contributed by atoms with van der Waals surface area (Å²) in [7, 11) is 4.08. The number of nitrogens with zero attached hydrogens (tertiary/aromatic N) is 4. The van der Waals surface area contributed by atoms with Crippen LogP contribution in [-0.2, 0) is 6.42 Å². The van der Waals surface area contributed by atoms with Crippen molar-refractivity contribution in [2.75, 3.05) is 42.3 Å². The Morgan fingerprint density at radius 2 is 1.75 bits per heavy atom. The number of hydrogen-bond acceptors (Lipinski definition) is 5. The van der Waals surface area contributed by atoms with Gasteiger partial charge in [-0.25, -0.2) is 4.98 Å². The van der Waals surface area contributed by atoms with E-state index in [1.165, 1.54) is 0 Å². The van der Waals surface area contributed by atoms with Gasteiger partial charge in [-0.05, 0) is 38.5 Å².